The number of hydrogen-bond acceptors (Lipinski definition) is 1. The van der Waals surface area contributed by atoms with Crippen LogP contribution < -0.4 is 5.43 Å². The Morgan fingerprint density at radius 3 is 2.47 bits per heavy atom. The summed E-state index contributed by atoms with van der Waals surface area (Å²) in [6.45, 7) is 1.73. The van der Waals surface area contributed by atoms with Gasteiger partial charge in [0, 0.05) is 28.4 Å². The van der Waals surface area contributed by atoms with Gasteiger partial charge in [0.15, 0.2) is 5.43 Å². The number of aryl methyl sites for hydroxylation is 1. The molecule has 17 heavy (non-hydrogen) atoms. The van der Waals surface area contributed by atoms with Gasteiger partial charge in [-0.15, -0.1) is 0 Å². The van der Waals surface area contributed by atoms with E-state index in [9.17, 15) is 4.79 Å². The molecule has 2 aromatic rings. The third-order valence-corrected chi connectivity index (χ3v) is 3.41. The number of aromatic amines is 1. The molecular weight excluding hydrogens is 280 g/mol. The molecule has 1 aromatic carbocycles. The van der Waals surface area contributed by atoms with Gasteiger partial charge in [-0.25, -0.2) is 0 Å². The zero-order chi connectivity index (χ0) is 12.6. The van der Waals surface area contributed by atoms with Crippen molar-refractivity contribution in [1.82, 2.24) is 4.98 Å². The minimum absolute atomic E-state index is 0.0640. The first-order valence-corrected chi connectivity index (χ1v) is 5.96. The van der Waals surface area contributed by atoms with Gasteiger partial charge in [-0.1, -0.05) is 34.8 Å². The van der Waals surface area contributed by atoms with E-state index in [1.165, 1.54) is 6.07 Å². The van der Waals surface area contributed by atoms with Gasteiger partial charge in [-0.3, -0.25) is 4.79 Å². The van der Waals surface area contributed by atoms with Crippen LogP contribution in [0.3, 0.4) is 0 Å². The summed E-state index contributed by atoms with van der Waals surface area (Å²) >= 11 is 17.9. The normalized spacial score (nSPS) is 10.6. The highest BCUT2D eigenvalue weighted by Gasteiger charge is 2.10. The standard InChI is InChI=1S/C12H8Cl3NO/c1-6-5-16-10(4-11(6)17)8-2-7(13)3-9(14)12(8)15/h2-5H,1H3,(H,16,17). The second-order valence-corrected chi connectivity index (χ2v) is 4.86. The number of H-pyrrole nitrogens is 1. The van der Waals surface area contributed by atoms with Gasteiger partial charge in [0.25, 0.3) is 0 Å². The summed E-state index contributed by atoms with van der Waals surface area (Å²) in [5.41, 5.74) is 1.78. The Bertz CT molecular complexity index is 634. The fourth-order valence-electron chi connectivity index (χ4n) is 1.45. The van der Waals surface area contributed by atoms with Crippen molar-refractivity contribution in [3.63, 3.8) is 0 Å². The van der Waals surface area contributed by atoms with Crippen LogP contribution in [0.25, 0.3) is 11.3 Å². The van der Waals surface area contributed by atoms with E-state index in [1.807, 2.05) is 0 Å². The predicted molar refractivity (Wildman–Crippen MR) is 72.3 cm³/mol. The van der Waals surface area contributed by atoms with E-state index in [1.54, 1.807) is 25.3 Å². The first-order chi connectivity index (χ1) is 7.99. The molecule has 1 N–H and O–H groups in total. The maximum absolute atomic E-state index is 11.6. The van der Waals surface area contributed by atoms with Crippen LogP contribution in [0.2, 0.25) is 15.1 Å². The fourth-order valence-corrected chi connectivity index (χ4v) is 2.16. The predicted octanol–water partition coefficient (Wildman–Crippen LogP) is 4.31. The first-order valence-electron chi connectivity index (χ1n) is 4.83. The topological polar surface area (TPSA) is 32.9 Å². The molecule has 0 amide bonds. The Hall–Kier alpha value is -0.960. The quantitative estimate of drug-likeness (QED) is 0.779. The molecular formula is C12H8Cl3NO. The van der Waals surface area contributed by atoms with Gasteiger partial charge in [0.05, 0.1) is 15.7 Å². The molecule has 0 atom stereocenters. The van der Waals surface area contributed by atoms with Crippen molar-refractivity contribution < 1.29 is 0 Å². The van der Waals surface area contributed by atoms with Crippen LogP contribution in [-0.4, -0.2) is 4.98 Å². The van der Waals surface area contributed by atoms with Crippen molar-refractivity contribution in [2.45, 2.75) is 6.92 Å². The molecule has 0 unspecified atom stereocenters. The number of hydrogen-bond donors (Lipinski definition) is 1. The summed E-state index contributed by atoms with van der Waals surface area (Å²) in [5, 5.41) is 1.20. The summed E-state index contributed by atoms with van der Waals surface area (Å²) in [4.78, 5) is 14.6. The van der Waals surface area contributed by atoms with Gasteiger partial charge >= 0.3 is 0 Å². The lowest BCUT2D eigenvalue weighted by Crippen LogP contribution is -2.04. The summed E-state index contributed by atoms with van der Waals surface area (Å²) in [6, 6.07) is 4.70. The lowest BCUT2D eigenvalue weighted by Gasteiger charge is -2.07. The van der Waals surface area contributed by atoms with Gasteiger partial charge < -0.3 is 4.98 Å². The van der Waals surface area contributed by atoms with Crippen LogP contribution in [0.15, 0.2) is 29.2 Å². The number of rotatable bonds is 1. The van der Waals surface area contributed by atoms with Crippen LogP contribution in [0.4, 0.5) is 0 Å². The van der Waals surface area contributed by atoms with Crippen LogP contribution in [-0.2, 0) is 0 Å². The number of pyridine rings is 1. The molecule has 0 aliphatic heterocycles. The van der Waals surface area contributed by atoms with Crippen molar-refractivity contribution in [1.29, 1.82) is 0 Å². The second-order valence-electron chi connectivity index (χ2n) is 3.64. The van der Waals surface area contributed by atoms with E-state index >= 15 is 0 Å². The van der Waals surface area contributed by atoms with Crippen molar-refractivity contribution >= 4 is 34.8 Å². The minimum atomic E-state index is -0.0640. The van der Waals surface area contributed by atoms with Crippen LogP contribution in [0.1, 0.15) is 5.56 Å². The fraction of sp³-hybridized carbons (Fsp3) is 0.0833. The number of aromatic nitrogens is 1. The maximum atomic E-state index is 11.6. The first kappa shape index (κ1) is 12.5. The monoisotopic (exact) mass is 287 g/mol. The Kier molecular flexibility index (Phi) is 3.48. The molecule has 0 radical (unpaired) electrons. The van der Waals surface area contributed by atoms with Gasteiger partial charge in [0.2, 0.25) is 0 Å². The molecule has 0 bridgehead atoms. The molecule has 2 rings (SSSR count). The van der Waals surface area contributed by atoms with Crippen LogP contribution >= 0.6 is 34.8 Å². The Labute approximate surface area is 113 Å². The molecule has 5 heteroatoms. The SMILES string of the molecule is Cc1c[nH]c(-c2cc(Cl)cc(Cl)c2Cl)cc1=O. The number of benzene rings is 1. The van der Waals surface area contributed by atoms with E-state index in [0.29, 0.717) is 31.9 Å². The molecule has 1 heterocycles. The highest BCUT2D eigenvalue weighted by atomic mass is 35.5. The lowest BCUT2D eigenvalue weighted by atomic mass is 10.1. The van der Waals surface area contributed by atoms with Crippen molar-refractivity contribution in [2.75, 3.05) is 0 Å². The largest absolute Gasteiger partial charge is 0.361 e. The van der Waals surface area contributed by atoms with E-state index in [2.05, 4.69) is 4.98 Å². The summed E-state index contributed by atoms with van der Waals surface area (Å²) in [6.07, 6.45) is 1.63. The van der Waals surface area contributed by atoms with Gasteiger partial charge in [-0.2, -0.15) is 0 Å². The second kappa shape index (κ2) is 4.73. The molecule has 2 nitrogen and oxygen atoms in total. The van der Waals surface area contributed by atoms with Gasteiger partial charge in [-0.05, 0) is 19.1 Å². The van der Waals surface area contributed by atoms with E-state index in [0.717, 1.165) is 0 Å². The zero-order valence-corrected chi connectivity index (χ0v) is 11.1. The third-order valence-electron chi connectivity index (χ3n) is 2.39. The van der Waals surface area contributed by atoms with E-state index < -0.39 is 0 Å². The smallest absolute Gasteiger partial charge is 0.185 e. The highest BCUT2D eigenvalue weighted by Crippen LogP contribution is 2.35. The number of nitrogens with one attached hydrogen (secondary N) is 1. The molecule has 88 valence electrons. The molecule has 1 aromatic heterocycles. The third kappa shape index (κ3) is 2.49. The van der Waals surface area contributed by atoms with E-state index in [4.69, 9.17) is 34.8 Å². The molecule has 0 aliphatic carbocycles. The van der Waals surface area contributed by atoms with Crippen LogP contribution in [0, 0.1) is 6.92 Å². The zero-order valence-electron chi connectivity index (χ0n) is 8.85. The summed E-state index contributed by atoms with van der Waals surface area (Å²) in [7, 11) is 0. The van der Waals surface area contributed by atoms with Crippen molar-refractivity contribution in [2.24, 2.45) is 0 Å². The van der Waals surface area contributed by atoms with Crippen molar-refractivity contribution in [3.05, 3.63) is 55.3 Å². The average Bonchev–Trinajstić information content (AvgIpc) is 2.27. The Morgan fingerprint density at radius 1 is 1.12 bits per heavy atom. The summed E-state index contributed by atoms with van der Waals surface area (Å²) in [5.74, 6) is 0. The van der Waals surface area contributed by atoms with E-state index in [-0.39, 0.29) is 5.43 Å². The highest BCUT2D eigenvalue weighted by molar-refractivity contribution is 6.45. The molecule has 0 saturated heterocycles. The Morgan fingerprint density at radius 2 is 1.82 bits per heavy atom. The molecule has 0 aliphatic rings. The van der Waals surface area contributed by atoms with Gasteiger partial charge in [0.1, 0.15) is 0 Å². The molecule has 0 saturated carbocycles. The minimum Gasteiger partial charge on any atom is -0.361 e. The van der Waals surface area contributed by atoms with Crippen molar-refractivity contribution in [3.8, 4) is 11.3 Å². The average molecular weight is 289 g/mol. The molecule has 0 spiro atoms. The lowest BCUT2D eigenvalue weighted by molar-refractivity contribution is 1.24. The summed E-state index contributed by atoms with van der Waals surface area (Å²) < 4.78 is 0. The van der Waals surface area contributed by atoms with Crippen LogP contribution in [0.5, 0.6) is 0 Å². The molecule has 0 fully saturated rings. The maximum Gasteiger partial charge on any atom is 0.185 e. The Balaban J connectivity index is 2.68. The number of halogens is 3.